The Bertz CT molecular complexity index is 1190. The molecule has 1 aromatic heterocycles. The fourth-order valence-corrected chi connectivity index (χ4v) is 3.84. The molecular formula is C25H29N5O4. The highest BCUT2D eigenvalue weighted by molar-refractivity contribution is 5.94. The summed E-state index contributed by atoms with van der Waals surface area (Å²) in [5.74, 6) is -2.11. The van der Waals surface area contributed by atoms with Crippen molar-refractivity contribution in [1.29, 1.82) is 0 Å². The summed E-state index contributed by atoms with van der Waals surface area (Å²) in [6.07, 6.45) is 2.26. The van der Waals surface area contributed by atoms with Gasteiger partial charge in [0.2, 0.25) is 23.6 Å². The molecule has 178 valence electrons. The molecule has 34 heavy (non-hydrogen) atoms. The molecule has 4 amide bonds. The lowest BCUT2D eigenvalue weighted by Gasteiger charge is -2.23. The van der Waals surface area contributed by atoms with E-state index in [-0.39, 0.29) is 25.3 Å². The summed E-state index contributed by atoms with van der Waals surface area (Å²) in [6, 6.07) is 13.2. The average Bonchev–Trinajstić information content (AvgIpc) is 3.21. The van der Waals surface area contributed by atoms with Crippen LogP contribution in [0.3, 0.4) is 0 Å². The van der Waals surface area contributed by atoms with E-state index in [9.17, 15) is 19.2 Å². The van der Waals surface area contributed by atoms with E-state index in [1.165, 1.54) is 6.92 Å². The Balaban J connectivity index is 1.81. The Hall–Kier alpha value is -4.14. The third-order valence-corrected chi connectivity index (χ3v) is 5.48. The van der Waals surface area contributed by atoms with Crippen molar-refractivity contribution in [2.24, 2.45) is 5.73 Å². The van der Waals surface area contributed by atoms with Gasteiger partial charge in [-0.3, -0.25) is 19.2 Å². The van der Waals surface area contributed by atoms with Crippen LogP contribution in [0.2, 0.25) is 0 Å². The number of hydrogen-bond acceptors (Lipinski definition) is 4. The first kappa shape index (κ1) is 24.5. The Morgan fingerprint density at radius 2 is 1.62 bits per heavy atom. The van der Waals surface area contributed by atoms with Crippen molar-refractivity contribution < 1.29 is 19.2 Å². The highest BCUT2D eigenvalue weighted by atomic mass is 16.2. The van der Waals surface area contributed by atoms with Gasteiger partial charge in [0.25, 0.3) is 0 Å². The number of nitrogens with two attached hydrogens (primary N) is 1. The second-order valence-corrected chi connectivity index (χ2v) is 8.20. The molecule has 0 saturated heterocycles. The number of aryl methyl sites for hydroxylation is 1. The highest BCUT2D eigenvalue weighted by Crippen LogP contribution is 2.22. The van der Waals surface area contributed by atoms with Gasteiger partial charge < -0.3 is 26.7 Å². The fraction of sp³-hybridized carbons (Fsp3) is 0.280. The second kappa shape index (κ2) is 11.1. The summed E-state index contributed by atoms with van der Waals surface area (Å²) < 4.78 is 0. The standard InChI is InChI=1S/C25H29N5O4/c1-15-7-6-10-19-18(13-27-23(15)19)12-21(29-16(2)31)25(34)30-20(24(33)28-14-22(26)32)11-17-8-4-3-5-9-17/h3-10,13,20-21,27H,11-12,14H2,1-2H3,(H2,26,32)(H,28,33)(H,29,31)(H,30,34)/t20-,21+/m0/s1. The van der Waals surface area contributed by atoms with Crippen molar-refractivity contribution in [1.82, 2.24) is 20.9 Å². The van der Waals surface area contributed by atoms with Crippen LogP contribution in [0.15, 0.2) is 54.7 Å². The van der Waals surface area contributed by atoms with Gasteiger partial charge in [0.15, 0.2) is 0 Å². The Morgan fingerprint density at radius 3 is 2.29 bits per heavy atom. The van der Waals surface area contributed by atoms with Crippen molar-refractivity contribution in [3.63, 3.8) is 0 Å². The number of rotatable bonds is 10. The number of nitrogens with one attached hydrogen (secondary N) is 4. The van der Waals surface area contributed by atoms with E-state index >= 15 is 0 Å². The van der Waals surface area contributed by atoms with Crippen LogP contribution in [0.4, 0.5) is 0 Å². The monoisotopic (exact) mass is 463 g/mol. The molecule has 0 fully saturated rings. The molecule has 6 N–H and O–H groups in total. The maximum absolute atomic E-state index is 13.2. The van der Waals surface area contributed by atoms with Crippen molar-refractivity contribution in [2.75, 3.05) is 6.54 Å². The predicted molar refractivity (Wildman–Crippen MR) is 129 cm³/mol. The van der Waals surface area contributed by atoms with Gasteiger partial charge in [-0.15, -0.1) is 0 Å². The van der Waals surface area contributed by atoms with Gasteiger partial charge in [0.1, 0.15) is 12.1 Å². The Labute approximate surface area is 197 Å². The minimum atomic E-state index is -0.962. The maximum atomic E-state index is 13.2. The average molecular weight is 464 g/mol. The van der Waals surface area contributed by atoms with Crippen molar-refractivity contribution in [3.05, 3.63) is 71.4 Å². The molecule has 0 aliphatic rings. The van der Waals surface area contributed by atoms with Gasteiger partial charge in [-0.25, -0.2) is 0 Å². The largest absolute Gasteiger partial charge is 0.368 e. The number of fused-ring (bicyclic) bond motifs is 1. The first-order valence-electron chi connectivity index (χ1n) is 11.0. The van der Waals surface area contributed by atoms with E-state index in [1.807, 2.05) is 61.7 Å². The first-order chi connectivity index (χ1) is 16.2. The number of carbonyl (C=O) groups excluding carboxylic acids is 4. The third kappa shape index (κ3) is 6.44. The normalized spacial score (nSPS) is 12.5. The van der Waals surface area contributed by atoms with E-state index in [0.29, 0.717) is 0 Å². The lowest BCUT2D eigenvalue weighted by Crippen LogP contribution is -2.55. The molecule has 0 bridgehead atoms. The maximum Gasteiger partial charge on any atom is 0.243 e. The van der Waals surface area contributed by atoms with Crippen LogP contribution in [0, 0.1) is 6.92 Å². The van der Waals surface area contributed by atoms with Crippen LogP contribution in [0.25, 0.3) is 10.9 Å². The van der Waals surface area contributed by atoms with E-state index in [2.05, 4.69) is 20.9 Å². The third-order valence-electron chi connectivity index (χ3n) is 5.48. The number of carbonyl (C=O) groups is 4. The summed E-state index contributed by atoms with van der Waals surface area (Å²) in [6.45, 7) is 2.98. The molecule has 0 unspecified atom stereocenters. The molecule has 9 heteroatoms. The fourth-order valence-electron chi connectivity index (χ4n) is 3.84. The summed E-state index contributed by atoms with van der Waals surface area (Å²) >= 11 is 0. The first-order valence-corrected chi connectivity index (χ1v) is 11.0. The molecule has 9 nitrogen and oxygen atoms in total. The number of H-pyrrole nitrogens is 1. The molecule has 0 aliphatic carbocycles. The smallest absolute Gasteiger partial charge is 0.243 e. The molecular weight excluding hydrogens is 434 g/mol. The van der Waals surface area contributed by atoms with Crippen LogP contribution in [-0.4, -0.2) is 47.2 Å². The van der Waals surface area contributed by atoms with Crippen molar-refractivity contribution in [2.45, 2.75) is 38.8 Å². The minimum Gasteiger partial charge on any atom is -0.368 e. The van der Waals surface area contributed by atoms with Gasteiger partial charge in [-0.1, -0.05) is 48.5 Å². The summed E-state index contributed by atoms with van der Waals surface area (Å²) in [7, 11) is 0. The molecule has 0 saturated carbocycles. The van der Waals surface area contributed by atoms with Gasteiger partial charge in [-0.05, 0) is 23.6 Å². The molecule has 0 spiro atoms. The minimum absolute atomic E-state index is 0.205. The van der Waals surface area contributed by atoms with E-state index < -0.39 is 29.8 Å². The van der Waals surface area contributed by atoms with Crippen LogP contribution in [0.5, 0.6) is 0 Å². The number of benzene rings is 2. The zero-order chi connectivity index (χ0) is 24.7. The molecule has 2 aromatic carbocycles. The van der Waals surface area contributed by atoms with Crippen molar-refractivity contribution in [3.8, 4) is 0 Å². The number of para-hydroxylation sites is 1. The molecule has 3 rings (SSSR count). The van der Waals surface area contributed by atoms with E-state index in [4.69, 9.17) is 5.73 Å². The van der Waals surface area contributed by atoms with Crippen LogP contribution in [-0.2, 0) is 32.0 Å². The van der Waals surface area contributed by atoms with Crippen LogP contribution in [0.1, 0.15) is 23.6 Å². The lowest BCUT2D eigenvalue weighted by atomic mass is 10.0. The quantitative estimate of drug-likeness (QED) is 0.303. The summed E-state index contributed by atoms with van der Waals surface area (Å²) in [5, 5.41) is 8.83. The van der Waals surface area contributed by atoms with Gasteiger partial charge >= 0.3 is 0 Å². The van der Waals surface area contributed by atoms with Crippen LogP contribution >= 0.6 is 0 Å². The van der Waals surface area contributed by atoms with Crippen molar-refractivity contribution >= 4 is 34.5 Å². The zero-order valence-corrected chi connectivity index (χ0v) is 19.2. The Kier molecular flexibility index (Phi) is 8.02. The number of primary amides is 1. The molecule has 3 aromatic rings. The second-order valence-electron chi connectivity index (χ2n) is 8.20. The van der Waals surface area contributed by atoms with Gasteiger partial charge in [-0.2, -0.15) is 0 Å². The molecule has 2 atom stereocenters. The van der Waals surface area contributed by atoms with Gasteiger partial charge in [0, 0.05) is 36.9 Å². The lowest BCUT2D eigenvalue weighted by molar-refractivity contribution is -0.132. The summed E-state index contributed by atoms with van der Waals surface area (Å²) in [4.78, 5) is 52.2. The number of aromatic amines is 1. The van der Waals surface area contributed by atoms with E-state index in [1.54, 1.807) is 0 Å². The SMILES string of the molecule is CC(=O)N[C@H](Cc1c[nH]c2c(C)cccc12)C(=O)N[C@@H](Cc1ccccc1)C(=O)NCC(N)=O. The summed E-state index contributed by atoms with van der Waals surface area (Å²) in [5.41, 5.74) is 8.86. The number of aromatic nitrogens is 1. The molecule has 1 heterocycles. The number of hydrogen-bond donors (Lipinski definition) is 5. The van der Waals surface area contributed by atoms with E-state index in [0.717, 1.165) is 27.6 Å². The Morgan fingerprint density at radius 1 is 0.912 bits per heavy atom. The topological polar surface area (TPSA) is 146 Å². The van der Waals surface area contributed by atoms with Gasteiger partial charge in [0.05, 0.1) is 6.54 Å². The molecule has 0 aliphatic heterocycles. The zero-order valence-electron chi connectivity index (χ0n) is 19.2. The highest BCUT2D eigenvalue weighted by Gasteiger charge is 2.27. The molecule has 0 radical (unpaired) electrons. The van der Waals surface area contributed by atoms with Crippen LogP contribution < -0.4 is 21.7 Å². The number of amides is 4. The predicted octanol–water partition coefficient (Wildman–Crippen LogP) is 0.853.